The molecular weight excluding hydrogens is 244 g/mol. The van der Waals surface area contributed by atoms with Crippen LogP contribution in [0.5, 0.6) is 5.75 Å². The number of aryl methyl sites for hydroxylation is 3. The minimum absolute atomic E-state index is 0.713. The predicted octanol–water partition coefficient (Wildman–Crippen LogP) is 3.12. The zero-order valence-electron chi connectivity index (χ0n) is 10.4. The number of hydrogen-bond donors (Lipinski definition) is 0. The molecule has 0 unspecified atom stereocenters. The molecule has 18 heavy (non-hydrogen) atoms. The summed E-state index contributed by atoms with van der Waals surface area (Å²) in [5.74, 6) is 0.909. The molecule has 0 radical (unpaired) electrons. The minimum atomic E-state index is 0.713. The highest BCUT2D eigenvalue weighted by atomic mass is 32.1. The van der Waals surface area contributed by atoms with Crippen LogP contribution in [-0.2, 0) is 12.8 Å². The van der Waals surface area contributed by atoms with Crippen molar-refractivity contribution in [1.29, 1.82) is 5.26 Å². The van der Waals surface area contributed by atoms with Gasteiger partial charge >= 0.3 is 0 Å². The van der Waals surface area contributed by atoms with Crippen LogP contribution in [0.2, 0.25) is 0 Å². The van der Waals surface area contributed by atoms with E-state index >= 15 is 0 Å². The molecule has 0 N–H and O–H groups in total. The predicted molar refractivity (Wildman–Crippen MR) is 72.0 cm³/mol. The van der Waals surface area contributed by atoms with Crippen LogP contribution in [0.3, 0.4) is 0 Å². The smallest absolute Gasteiger partial charge is 0.127 e. The van der Waals surface area contributed by atoms with Gasteiger partial charge in [-0.2, -0.15) is 5.26 Å². The first-order valence-electron chi connectivity index (χ1n) is 5.73. The van der Waals surface area contributed by atoms with Gasteiger partial charge in [0.1, 0.15) is 16.7 Å². The Bertz CT molecular complexity index is 584. The quantitative estimate of drug-likeness (QED) is 0.846. The van der Waals surface area contributed by atoms with E-state index in [0.717, 1.165) is 29.3 Å². The van der Waals surface area contributed by atoms with Crippen molar-refractivity contribution >= 4 is 11.3 Å². The van der Waals surface area contributed by atoms with Crippen molar-refractivity contribution < 1.29 is 4.74 Å². The summed E-state index contributed by atoms with van der Waals surface area (Å²) in [4.78, 5) is 5.12. The van der Waals surface area contributed by atoms with Crippen LogP contribution in [0.1, 0.15) is 21.1 Å². The standard InChI is InChI=1S/C14H14N2OS/c1-10-13(9-15)18-14(16-10)8-7-11-5-3-4-6-12(11)17-2/h3-6H,7-8H2,1-2H3. The van der Waals surface area contributed by atoms with Crippen molar-refractivity contribution in [2.24, 2.45) is 0 Å². The van der Waals surface area contributed by atoms with Gasteiger partial charge in [-0.15, -0.1) is 11.3 Å². The zero-order valence-corrected chi connectivity index (χ0v) is 11.3. The number of nitriles is 1. The fourth-order valence-corrected chi connectivity index (χ4v) is 2.68. The van der Waals surface area contributed by atoms with Crippen molar-refractivity contribution in [3.63, 3.8) is 0 Å². The number of methoxy groups -OCH3 is 1. The molecule has 92 valence electrons. The summed E-state index contributed by atoms with van der Waals surface area (Å²) in [5.41, 5.74) is 2.00. The Morgan fingerprint density at radius 1 is 1.33 bits per heavy atom. The average molecular weight is 258 g/mol. The molecule has 2 rings (SSSR count). The monoisotopic (exact) mass is 258 g/mol. The Morgan fingerprint density at radius 3 is 2.78 bits per heavy atom. The lowest BCUT2D eigenvalue weighted by molar-refractivity contribution is 0.409. The largest absolute Gasteiger partial charge is 0.496 e. The van der Waals surface area contributed by atoms with E-state index in [1.807, 2.05) is 25.1 Å². The van der Waals surface area contributed by atoms with Crippen LogP contribution in [-0.4, -0.2) is 12.1 Å². The highest BCUT2D eigenvalue weighted by Gasteiger charge is 2.08. The molecule has 0 fully saturated rings. The van der Waals surface area contributed by atoms with Crippen LogP contribution in [0, 0.1) is 18.3 Å². The maximum atomic E-state index is 8.90. The first-order chi connectivity index (χ1) is 8.74. The fourth-order valence-electron chi connectivity index (χ4n) is 1.81. The van der Waals surface area contributed by atoms with Gasteiger partial charge in [-0.1, -0.05) is 18.2 Å². The molecule has 0 atom stereocenters. The number of benzene rings is 1. The van der Waals surface area contributed by atoms with Gasteiger partial charge in [0.05, 0.1) is 17.8 Å². The molecule has 0 spiro atoms. The van der Waals surface area contributed by atoms with Gasteiger partial charge in [-0.25, -0.2) is 4.98 Å². The molecule has 1 aromatic heterocycles. The Hall–Kier alpha value is -1.86. The first-order valence-corrected chi connectivity index (χ1v) is 6.54. The van der Waals surface area contributed by atoms with Gasteiger partial charge in [0.15, 0.2) is 0 Å². The normalized spacial score (nSPS) is 10.1. The molecule has 0 aliphatic heterocycles. The van der Waals surface area contributed by atoms with Crippen molar-refractivity contribution in [3.8, 4) is 11.8 Å². The Balaban J connectivity index is 2.09. The van der Waals surface area contributed by atoms with E-state index in [-0.39, 0.29) is 0 Å². The van der Waals surface area contributed by atoms with Crippen molar-refractivity contribution in [2.75, 3.05) is 7.11 Å². The molecule has 3 nitrogen and oxygen atoms in total. The van der Waals surface area contributed by atoms with Crippen molar-refractivity contribution in [1.82, 2.24) is 4.98 Å². The molecule has 0 saturated heterocycles. The third kappa shape index (κ3) is 2.69. The third-order valence-electron chi connectivity index (χ3n) is 2.74. The van der Waals surface area contributed by atoms with E-state index in [2.05, 4.69) is 17.1 Å². The van der Waals surface area contributed by atoms with Crippen LogP contribution in [0.25, 0.3) is 0 Å². The second-order valence-corrected chi connectivity index (χ2v) is 5.03. The van der Waals surface area contributed by atoms with E-state index in [9.17, 15) is 0 Å². The number of nitrogens with zero attached hydrogens (tertiary/aromatic N) is 2. The first kappa shape index (κ1) is 12.6. The molecule has 1 heterocycles. The van der Waals surface area contributed by atoms with Gasteiger partial charge < -0.3 is 4.74 Å². The van der Waals surface area contributed by atoms with E-state index in [1.165, 1.54) is 16.9 Å². The number of rotatable bonds is 4. The summed E-state index contributed by atoms with van der Waals surface area (Å²) in [7, 11) is 1.68. The maximum absolute atomic E-state index is 8.90. The number of thiazole rings is 1. The Kier molecular flexibility index (Phi) is 3.96. The zero-order chi connectivity index (χ0) is 13.0. The molecule has 2 aromatic rings. The van der Waals surface area contributed by atoms with Gasteiger partial charge in [-0.3, -0.25) is 0 Å². The Labute approximate surface area is 111 Å². The Morgan fingerprint density at radius 2 is 2.11 bits per heavy atom. The third-order valence-corrected chi connectivity index (χ3v) is 3.87. The molecule has 0 aliphatic rings. The summed E-state index contributed by atoms with van der Waals surface area (Å²) in [6, 6.07) is 10.2. The van der Waals surface area contributed by atoms with Crippen molar-refractivity contribution in [2.45, 2.75) is 19.8 Å². The molecule has 0 amide bonds. The lowest BCUT2D eigenvalue weighted by atomic mass is 10.1. The second-order valence-electron chi connectivity index (χ2n) is 3.95. The number of ether oxygens (including phenoxy) is 1. The number of hydrogen-bond acceptors (Lipinski definition) is 4. The molecule has 0 aliphatic carbocycles. The van der Waals surface area contributed by atoms with Crippen LogP contribution < -0.4 is 4.74 Å². The van der Waals surface area contributed by atoms with Gasteiger partial charge in [0, 0.05) is 6.42 Å². The SMILES string of the molecule is COc1ccccc1CCc1nc(C)c(C#N)s1. The molecule has 4 heteroatoms. The number of aromatic nitrogens is 1. The minimum Gasteiger partial charge on any atom is -0.496 e. The summed E-state index contributed by atoms with van der Waals surface area (Å²) in [5, 5.41) is 9.91. The van der Waals surface area contributed by atoms with Gasteiger partial charge in [-0.05, 0) is 25.0 Å². The van der Waals surface area contributed by atoms with E-state index < -0.39 is 0 Å². The fraction of sp³-hybridized carbons (Fsp3) is 0.286. The van der Waals surface area contributed by atoms with Crippen LogP contribution in [0.4, 0.5) is 0 Å². The summed E-state index contributed by atoms with van der Waals surface area (Å²) in [6.07, 6.45) is 1.72. The molecule has 1 aromatic carbocycles. The van der Waals surface area contributed by atoms with Gasteiger partial charge in [0.2, 0.25) is 0 Å². The molecule has 0 saturated carbocycles. The van der Waals surface area contributed by atoms with E-state index in [0.29, 0.717) is 4.88 Å². The summed E-state index contributed by atoms with van der Waals surface area (Å²) in [6.45, 7) is 1.88. The van der Waals surface area contributed by atoms with Crippen molar-refractivity contribution in [3.05, 3.63) is 45.4 Å². The van der Waals surface area contributed by atoms with Gasteiger partial charge in [0.25, 0.3) is 0 Å². The second kappa shape index (κ2) is 5.65. The topological polar surface area (TPSA) is 45.9 Å². The van der Waals surface area contributed by atoms with Crippen LogP contribution in [0.15, 0.2) is 24.3 Å². The molecular formula is C14H14N2OS. The van der Waals surface area contributed by atoms with Crippen LogP contribution >= 0.6 is 11.3 Å². The highest BCUT2D eigenvalue weighted by Crippen LogP contribution is 2.22. The lowest BCUT2D eigenvalue weighted by Crippen LogP contribution is -1.95. The average Bonchev–Trinajstić information content (AvgIpc) is 2.77. The maximum Gasteiger partial charge on any atom is 0.127 e. The van der Waals surface area contributed by atoms with E-state index in [4.69, 9.17) is 10.00 Å². The lowest BCUT2D eigenvalue weighted by Gasteiger charge is -2.06. The summed E-state index contributed by atoms with van der Waals surface area (Å²) < 4.78 is 5.31. The van der Waals surface area contributed by atoms with E-state index in [1.54, 1.807) is 7.11 Å². The highest BCUT2D eigenvalue weighted by molar-refractivity contribution is 7.12. The summed E-state index contributed by atoms with van der Waals surface area (Å²) >= 11 is 1.48. The molecule has 0 bridgehead atoms. The number of para-hydroxylation sites is 1.